The first kappa shape index (κ1) is 13.5. The normalized spacial score (nSPS) is 15.9. The van der Waals surface area contributed by atoms with E-state index in [9.17, 15) is 14.5 Å². The van der Waals surface area contributed by atoms with Gasteiger partial charge >= 0.3 is 5.69 Å². The second-order valence-electron chi connectivity index (χ2n) is 4.64. The number of nitro groups is 1. The summed E-state index contributed by atoms with van der Waals surface area (Å²) in [4.78, 5) is 10.0. The number of nitrogens with one attached hydrogen (secondary N) is 1. The van der Waals surface area contributed by atoms with Gasteiger partial charge < -0.3 is 15.8 Å². The van der Waals surface area contributed by atoms with E-state index < -0.39 is 16.4 Å². The third-order valence-electron chi connectivity index (χ3n) is 3.22. The topological polar surface area (TPSA) is 90.4 Å². The Morgan fingerprint density at radius 1 is 1.63 bits per heavy atom. The summed E-state index contributed by atoms with van der Waals surface area (Å²) < 4.78 is 18.6. The number of anilines is 1. The number of nitrogens with zero attached hydrogens (tertiary/aromatic N) is 1. The van der Waals surface area contributed by atoms with Crippen molar-refractivity contribution in [1.29, 1.82) is 0 Å². The molecule has 1 aliphatic rings. The lowest BCUT2D eigenvalue weighted by atomic mass is 10.2. The fraction of sp³-hybridized carbons (Fsp3) is 0.500. The van der Waals surface area contributed by atoms with Crippen molar-refractivity contribution in [3.8, 4) is 5.75 Å². The summed E-state index contributed by atoms with van der Waals surface area (Å²) in [7, 11) is 1.31. The third-order valence-corrected chi connectivity index (χ3v) is 3.22. The van der Waals surface area contributed by atoms with Gasteiger partial charge in [0.05, 0.1) is 23.8 Å². The maximum Gasteiger partial charge on any atom is 0.313 e. The predicted octanol–water partition coefficient (Wildman–Crippen LogP) is 1.89. The summed E-state index contributed by atoms with van der Waals surface area (Å²) in [6.07, 6.45) is 2.21. The minimum absolute atomic E-state index is 0.0221. The van der Waals surface area contributed by atoms with Crippen LogP contribution in [0.5, 0.6) is 5.75 Å². The maximum atomic E-state index is 13.7. The lowest BCUT2D eigenvalue weighted by Gasteiger charge is -2.14. The minimum atomic E-state index is -0.685. The zero-order valence-electron chi connectivity index (χ0n) is 10.6. The summed E-state index contributed by atoms with van der Waals surface area (Å²) in [6, 6.07) is 2.11. The average molecular weight is 269 g/mol. The van der Waals surface area contributed by atoms with Crippen molar-refractivity contribution >= 4 is 11.4 Å². The summed E-state index contributed by atoms with van der Waals surface area (Å²) in [5.74, 6) is -0.167. The molecule has 19 heavy (non-hydrogen) atoms. The van der Waals surface area contributed by atoms with E-state index >= 15 is 0 Å². The monoisotopic (exact) mass is 269 g/mol. The van der Waals surface area contributed by atoms with E-state index in [4.69, 9.17) is 10.5 Å². The molecule has 6 nitrogen and oxygen atoms in total. The van der Waals surface area contributed by atoms with Crippen LogP contribution in [0.3, 0.4) is 0 Å². The summed E-state index contributed by atoms with van der Waals surface area (Å²) >= 11 is 0. The van der Waals surface area contributed by atoms with E-state index in [-0.39, 0.29) is 17.5 Å². The van der Waals surface area contributed by atoms with E-state index in [1.54, 1.807) is 0 Å². The standard InChI is InChI=1S/C12H16FN3O3/c1-19-12-5-10(8(13)4-11(12)16(17)18)15-6-9(14)7-2-3-7/h4-5,7,9,15H,2-3,6,14H2,1H3. The van der Waals surface area contributed by atoms with Crippen molar-refractivity contribution in [2.45, 2.75) is 18.9 Å². The molecule has 7 heteroatoms. The number of hydrogen-bond acceptors (Lipinski definition) is 5. The Bertz CT molecular complexity index is 491. The second-order valence-corrected chi connectivity index (χ2v) is 4.64. The SMILES string of the molecule is COc1cc(NCC(N)C2CC2)c(F)cc1[N+](=O)[O-]. The van der Waals surface area contributed by atoms with Gasteiger partial charge in [0, 0.05) is 18.7 Å². The van der Waals surface area contributed by atoms with Crippen LogP contribution in [0.4, 0.5) is 15.8 Å². The van der Waals surface area contributed by atoms with Crippen molar-refractivity contribution < 1.29 is 14.1 Å². The van der Waals surface area contributed by atoms with Crippen LogP contribution in [0.15, 0.2) is 12.1 Å². The first-order chi connectivity index (χ1) is 9.02. The Balaban J connectivity index is 2.13. The molecule has 1 saturated carbocycles. The molecule has 0 saturated heterocycles. The molecule has 1 aliphatic carbocycles. The van der Waals surface area contributed by atoms with Crippen molar-refractivity contribution in [2.24, 2.45) is 11.7 Å². The molecule has 0 aromatic heterocycles. The highest BCUT2D eigenvalue weighted by Gasteiger charge is 2.28. The van der Waals surface area contributed by atoms with Gasteiger partial charge in [-0.25, -0.2) is 4.39 Å². The van der Waals surface area contributed by atoms with Gasteiger partial charge in [-0.3, -0.25) is 10.1 Å². The van der Waals surface area contributed by atoms with Crippen LogP contribution in [0.25, 0.3) is 0 Å². The fourth-order valence-corrected chi connectivity index (χ4v) is 1.90. The summed E-state index contributed by atoms with van der Waals surface area (Å²) in [6.45, 7) is 0.433. The first-order valence-electron chi connectivity index (χ1n) is 6.04. The van der Waals surface area contributed by atoms with Crippen molar-refractivity contribution in [3.63, 3.8) is 0 Å². The Kier molecular flexibility index (Phi) is 3.84. The molecule has 1 aromatic rings. The molecule has 2 rings (SSSR count). The molecule has 1 fully saturated rings. The first-order valence-corrected chi connectivity index (χ1v) is 6.04. The molecule has 1 atom stereocenters. The van der Waals surface area contributed by atoms with Crippen LogP contribution in [-0.2, 0) is 0 Å². The van der Waals surface area contributed by atoms with E-state index in [1.807, 2.05) is 0 Å². The summed E-state index contributed by atoms with van der Waals surface area (Å²) in [5, 5.41) is 13.6. The van der Waals surface area contributed by atoms with Gasteiger partial charge in [-0.1, -0.05) is 0 Å². The Labute approximate surface area is 109 Å². The third kappa shape index (κ3) is 3.11. The zero-order chi connectivity index (χ0) is 14.0. The minimum Gasteiger partial charge on any atom is -0.490 e. The van der Waals surface area contributed by atoms with Gasteiger partial charge in [-0.15, -0.1) is 0 Å². The average Bonchev–Trinajstić information content (AvgIpc) is 3.20. The van der Waals surface area contributed by atoms with Crippen LogP contribution in [0, 0.1) is 21.8 Å². The lowest BCUT2D eigenvalue weighted by Crippen LogP contribution is -2.31. The number of rotatable bonds is 6. The number of benzene rings is 1. The Hall–Kier alpha value is -1.89. The van der Waals surface area contributed by atoms with Crippen LogP contribution >= 0.6 is 0 Å². The lowest BCUT2D eigenvalue weighted by molar-refractivity contribution is -0.385. The maximum absolute atomic E-state index is 13.7. The van der Waals surface area contributed by atoms with Gasteiger partial charge in [0.2, 0.25) is 0 Å². The number of nitro benzene ring substituents is 1. The molecule has 0 aliphatic heterocycles. The molecule has 0 spiro atoms. The number of hydrogen-bond donors (Lipinski definition) is 2. The number of ether oxygens (including phenoxy) is 1. The van der Waals surface area contributed by atoms with Crippen LogP contribution in [0.1, 0.15) is 12.8 Å². The highest BCUT2D eigenvalue weighted by Crippen LogP contribution is 2.34. The van der Waals surface area contributed by atoms with Crippen LogP contribution in [-0.4, -0.2) is 24.6 Å². The quantitative estimate of drug-likeness (QED) is 0.608. The molecule has 0 bridgehead atoms. The van der Waals surface area contributed by atoms with Crippen molar-refractivity contribution in [3.05, 3.63) is 28.1 Å². The molecule has 0 heterocycles. The molecular weight excluding hydrogens is 253 g/mol. The number of methoxy groups -OCH3 is 1. The van der Waals surface area contributed by atoms with E-state index in [1.165, 1.54) is 13.2 Å². The molecule has 104 valence electrons. The number of nitrogens with two attached hydrogens (primary N) is 1. The second kappa shape index (κ2) is 5.40. The van der Waals surface area contributed by atoms with E-state index in [2.05, 4.69) is 5.32 Å². The van der Waals surface area contributed by atoms with Gasteiger partial charge in [-0.05, 0) is 18.8 Å². The molecule has 0 amide bonds. The smallest absolute Gasteiger partial charge is 0.313 e. The van der Waals surface area contributed by atoms with Gasteiger partial charge in [0.25, 0.3) is 0 Å². The predicted molar refractivity (Wildman–Crippen MR) is 68.8 cm³/mol. The summed E-state index contributed by atoms with van der Waals surface area (Å²) in [5.41, 5.74) is 5.67. The Morgan fingerprint density at radius 3 is 2.84 bits per heavy atom. The molecule has 1 aromatic carbocycles. The van der Waals surface area contributed by atoms with Crippen LogP contribution in [0.2, 0.25) is 0 Å². The zero-order valence-corrected chi connectivity index (χ0v) is 10.6. The van der Waals surface area contributed by atoms with Gasteiger partial charge in [0.1, 0.15) is 0 Å². The Morgan fingerprint density at radius 2 is 2.32 bits per heavy atom. The van der Waals surface area contributed by atoms with Gasteiger partial charge in [0.15, 0.2) is 11.6 Å². The van der Waals surface area contributed by atoms with E-state index in [0.29, 0.717) is 12.5 Å². The molecule has 1 unspecified atom stereocenters. The highest BCUT2D eigenvalue weighted by molar-refractivity contribution is 5.59. The largest absolute Gasteiger partial charge is 0.490 e. The van der Waals surface area contributed by atoms with Crippen LogP contribution < -0.4 is 15.8 Å². The van der Waals surface area contributed by atoms with Gasteiger partial charge in [-0.2, -0.15) is 0 Å². The number of halogens is 1. The fourth-order valence-electron chi connectivity index (χ4n) is 1.90. The van der Waals surface area contributed by atoms with Crippen molar-refractivity contribution in [1.82, 2.24) is 0 Å². The van der Waals surface area contributed by atoms with Crippen molar-refractivity contribution in [2.75, 3.05) is 19.0 Å². The molecule has 3 N–H and O–H groups in total. The van der Waals surface area contributed by atoms with E-state index in [0.717, 1.165) is 18.9 Å². The highest BCUT2D eigenvalue weighted by atomic mass is 19.1. The molecular formula is C12H16FN3O3. The molecule has 0 radical (unpaired) electrons.